The second kappa shape index (κ2) is 5.68. The summed E-state index contributed by atoms with van der Waals surface area (Å²) in [6.45, 7) is 2.15. The highest BCUT2D eigenvalue weighted by atomic mass is 19.4. The summed E-state index contributed by atoms with van der Waals surface area (Å²) in [6.07, 6.45) is 2.46. The van der Waals surface area contributed by atoms with Crippen LogP contribution in [0, 0.1) is 0 Å². The summed E-state index contributed by atoms with van der Waals surface area (Å²) in [7, 11) is 0. The molecule has 0 aliphatic heterocycles. The Morgan fingerprint density at radius 3 is 2.68 bits per heavy atom. The average molecular weight is 270 g/mol. The molecule has 0 fully saturated rings. The van der Waals surface area contributed by atoms with Crippen LogP contribution in [0.5, 0.6) is 5.75 Å². The molecule has 104 valence electrons. The quantitative estimate of drug-likeness (QED) is 0.714. The first kappa shape index (κ1) is 14.0. The van der Waals surface area contributed by atoms with E-state index in [1.165, 1.54) is 17.7 Å². The summed E-state index contributed by atoms with van der Waals surface area (Å²) < 4.78 is 40.4. The molecular weight excluding hydrogens is 253 g/mol. The van der Waals surface area contributed by atoms with Crippen LogP contribution in [0.4, 0.5) is 13.2 Å². The molecule has 2 rings (SSSR count). The minimum Gasteiger partial charge on any atom is -0.406 e. The van der Waals surface area contributed by atoms with Gasteiger partial charge >= 0.3 is 6.36 Å². The number of alkyl halides is 3. The SMILES string of the molecule is CCCCC1=CCc2cc(OC(F)(F)F)ccc2C1. The van der Waals surface area contributed by atoms with E-state index in [4.69, 9.17) is 0 Å². The summed E-state index contributed by atoms with van der Waals surface area (Å²) in [4.78, 5) is 0. The molecule has 0 unspecified atom stereocenters. The zero-order valence-corrected chi connectivity index (χ0v) is 10.9. The molecule has 0 radical (unpaired) electrons. The van der Waals surface area contributed by atoms with Gasteiger partial charge in [-0.05, 0) is 48.9 Å². The Hall–Kier alpha value is -1.45. The smallest absolute Gasteiger partial charge is 0.406 e. The van der Waals surface area contributed by atoms with E-state index in [0.717, 1.165) is 36.8 Å². The van der Waals surface area contributed by atoms with Crippen LogP contribution in [0.15, 0.2) is 29.8 Å². The van der Waals surface area contributed by atoms with Crippen molar-refractivity contribution in [2.24, 2.45) is 0 Å². The van der Waals surface area contributed by atoms with Crippen molar-refractivity contribution in [2.45, 2.75) is 45.4 Å². The monoisotopic (exact) mass is 270 g/mol. The van der Waals surface area contributed by atoms with E-state index in [-0.39, 0.29) is 5.75 Å². The number of hydrogen-bond acceptors (Lipinski definition) is 1. The largest absolute Gasteiger partial charge is 0.573 e. The molecule has 1 nitrogen and oxygen atoms in total. The molecule has 0 saturated heterocycles. The third kappa shape index (κ3) is 4.01. The highest BCUT2D eigenvalue weighted by Gasteiger charge is 2.31. The van der Waals surface area contributed by atoms with E-state index in [1.807, 2.05) is 0 Å². The van der Waals surface area contributed by atoms with Crippen molar-refractivity contribution < 1.29 is 17.9 Å². The van der Waals surface area contributed by atoms with Crippen LogP contribution >= 0.6 is 0 Å². The zero-order valence-electron chi connectivity index (χ0n) is 10.9. The van der Waals surface area contributed by atoms with Gasteiger partial charge in [-0.1, -0.05) is 31.1 Å². The summed E-state index contributed by atoms with van der Waals surface area (Å²) in [5.41, 5.74) is 3.43. The average Bonchev–Trinajstić information content (AvgIpc) is 2.34. The summed E-state index contributed by atoms with van der Waals surface area (Å²) in [6, 6.07) is 4.64. The first-order valence-corrected chi connectivity index (χ1v) is 6.53. The molecule has 0 aromatic heterocycles. The fraction of sp³-hybridized carbons (Fsp3) is 0.467. The van der Waals surface area contributed by atoms with Crippen LogP contribution < -0.4 is 4.74 Å². The second-order valence-electron chi connectivity index (χ2n) is 4.83. The van der Waals surface area contributed by atoms with Crippen LogP contribution in [0.1, 0.15) is 37.3 Å². The van der Waals surface area contributed by atoms with Gasteiger partial charge in [-0.3, -0.25) is 0 Å². The predicted molar refractivity (Wildman–Crippen MR) is 68.1 cm³/mol. The lowest BCUT2D eigenvalue weighted by Crippen LogP contribution is -2.17. The Morgan fingerprint density at radius 2 is 2.00 bits per heavy atom. The predicted octanol–water partition coefficient (Wildman–Crippen LogP) is 4.80. The molecule has 0 amide bonds. The van der Waals surface area contributed by atoms with Crippen molar-refractivity contribution in [1.29, 1.82) is 0 Å². The highest BCUT2D eigenvalue weighted by molar-refractivity contribution is 5.42. The van der Waals surface area contributed by atoms with Crippen LogP contribution in [-0.2, 0) is 12.8 Å². The number of rotatable bonds is 4. The molecule has 0 atom stereocenters. The van der Waals surface area contributed by atoms with Crippen molar-refractivity contribution in [1.82, 2.24) is 0 Å². The molecule has 0 N–H and O–H groups in total. The molecule has 1 aliphatic rings. The van der Waals surface area contributed by atoms with E-state index in [9.17, 15) is 13.2 Å². The van der Waals surface area contributed by atoms with Crippen molar-refractivity contribution in [3.8, 4) is 5.75 Å². The molecule has 0 saturated carbocycles. The number of unbranched alkanes of at least 4 members (excludes halogenated alkanes) is 1. The Morgan fingerprint density at radius 1 is 1.21 bits per heavy atom. The maximum Gasteiger partial charge on any atom is 0.573 e. The minimum atomic E-state index is -4.62. The summed E-state index contributed by atoms with van der Waals surface area (Å²) >= 11 is 0. The highest BCUT2D eigenvalue weighted by Crippen LogP contribution is 2.29. The van der Waals surface area contributed by atoms with Crippen molar-refractivity contribution in [2.75, 3.05) is 0 Å². The Kier molecular flexibility index (Phi) is 4.17. The third-order valence-corrected chi connectivity index (χ3v) is 3.29. The van der Waals surface area contributed by atoms with Gasteiger partial charge in [0, 0.05) is 0 Å². The molecule has 19 heavy (non-hydrogen) atoms. The van der Waals surface area contributed by atoms with Gasteiger partial charge < -0.3 is 4.74 Å². The Balaban J connectivity index is 2.07. The lowest BCUT2D eigenvalue weighted by Gasteiger charge is -2.18. The zero-order chi connectivity index (χ0) is 13.9. The molecule has 1 aromatic rings. The van der Waals surface area contributed by atoms with Crippen molar-refractivity contribution in [3.05, 3.63) is 41.0 Å². The van der Waals surface area contributed by atoms with E-state index in [1.54, 1.807) is 6.07 Å². The van der Waals surface area contributed by atoms with Crippen molar-refractivity contribution in [3.63, 3.8) is 0 Å². The van der Waals surface area contributed by atoms with Gasteiger partial charge in [-0.2, -0.15) is 0 Å². The topological polar surface area (TPSA) is 9.23 Å². The van der Waals surface area contributed by atoms with E-state index < -0.39 is 6.36 Å². The first-order chi connectivity index (χ1) is 8.98. The fourth-order valence-electron chi connectivity index (χ4n) is 2.33. The number of fused-ring (bicyclic) bond motifs is 1. The number of halogens is 3. The standard InChI is InChI=1S/C15H17F3O/c1-2-3-4-11-5-6-13-10-14(19-15(16,17)18)8-7-12(13)9-11/h5,7-8,10H,2-4,6,9H2,1H3. The molecular formula is C15H17F3O. The normalized spacial score (nSPS) is 14.8. The third-order valence-electron chi connectivity index (χ3n) is 3.29. The lowest BCUT2D eigenvalue weighted by atomic mass is 9.89. The van der Waals surface area contributed by atoms with E-state index in [2.05, 4.69) is 17.7 Å². The van der Waals surface area contributed by atoms with E-state index in [0.29, 0.717) is 6.42 Å². The minimum absolute atomic E-state index is 0.128. The molecule has 0 heterocycles. The first-order valence-electron chi connectivity index (χ1n) is 6.53. The van der Waals surface area contributed by atoms with Gasteiger partial charge in [0.25, 0.3) is 0 Å². The van der Waals surface area contributed by atoms with Crippen LogP contribution in [0.3, 0.4) is 0 Å². The fourth-order valence-corrected chi connectivity index (χ4v) is 2.33. The Labute approximate surface area is 111 Å². The maximum atomic E-state index is 12.1. The summed E-state index contributed by atoms with van der Waals surface area (Å²) in [5, 5.41) is 0. The number of hydrogen-bond donors (Lipinski definition) is 0. The van der Waals surface area contributed by atoms with Gasteiger partial charge in [0.05, 0.1) is 0 Å². The van der Waals surface area contributed by atoms with Gasteiger partial charge in [0.2, 0.25) is 0 Å². The van der Waals surface area contributed by atoms with Gasteiger partial charge in [0.1, 0.15) is 5.75 Å². The molecule has 0 spiro atoms. The van der Waals surface area contributed by atoms with Crippen LogP contribution in [0.25, 0.3) is 0 Å². The molecule has 0 bridgehead atoms. The molecule has 1 aromatic carbocycles. The van der Waals surface area contributed by atoms with Crippen LogP contribution in [-0.4, -0.2) is 6.36 Å². The lowest BCUT2D eigenvalue weighted by molar-refractivity contribution is -0.274. The van der Waals surface area contributed by atoms with Gasteiger partial charge in [-0.25, -0.2) is 0 Å². The second-order valence-corrected chi connectivity index (χ2v) is 4.83. The number of benzene rings is 1. The van der Waals surface area contributed by atoms with Gasteiger partial charge in [-0.15, -0.1) is 13.2 Å². The van der Waals surface area contributed by atoms with E-state index >= 15 is 0 Å². The Bertz CT molecular complexity index is 475. The number of allylic oxidation sites excluding steroid dienone is 2. The molecule has 1 aliphatic carbocycles. The number of ether oxygens (including phenoxy) is 1. The molecule has 4 heteroatoms. The maximum absolute atomic E-state index is 12.1. The van der Waals surface area contributed by atoms with Crippen LogP contribution in [0.2, 0.25) is 0 Å². The van der Waals surface area contributed by atoms with Crippen molar-refractivity contribution >= 4 is 0 Å². The summed E-state index contributed by atoms with van der Waals surface area (Å²) in [5.74, 6) is -0.128. The van der Waals surface area contributed by atoms with Gasteiger partial charge in [0.15, 0.2) is 0 Å².